The molecule has 1 aliphatic rings. The maximum atomic E-state index is 11.6. The molecule has 124 valence electrons. The van der Waals surface area contributed by atoms with Crippen LogP contribution in [-0.2, 0) is 9.47 Å². The molecule has 0 spiro atoms. The molecule has 0 aromatic rings. The summed E-state index contributed by atoms with van der Waals surface area (Å²) in [6, 6.07) is 0.276. The van der Waals surface area contributed by atoms with Gasteiger partial charge in [0.15, 0.2) is 0 Å². The highest BCUT2D eigenvalue weighted by molar-refractivity contribution is 5.67. The lowest BCUT2D eigenvalue weighted by Crippen LogP contribution is -2.49. The molecule has 0 aliphatic carbocycles. The average Bonchev–Trinajstić information content (AvgIpc) is 2.41. The molecule has 1 fully saturated rings. The maximum Gasteiger partial charge on any atom is 0.407 e. The van der Waals surface area contributed by atoms with Crippen LogP contribution in [0, 0.1) is 0 Å². The zero-order valence-corrected chi connectivity index (χ0v) is 13.9. The number of carbonyl (C=O) groups is 1. The van der Waals surface area contributed by atoms with Gasteiger partial charge in [-0.15, -0.1) is 0 Å². The van der Waals surface area contributed by atoms with E-state index in [2.05, 4.69) is 10.2 Å². The Labute approximate surface area is 128 Å². The van der Waals surface area contributed by atoms with Crippen LogP contribution in [0.25, 0.3) is 0 Å². The highest BCUT2D eigenvalue weighted by Crippen LogP contribution is 2.16. The Morgan fingerprint density at radius 2 is 2.19 bits per heavy atom. The molecular formula is C15H31N3O3. The van der Waals surface area contributed by atoms with Gasteiger partial charge in [0, 0.05) is 32.8 Å². The largest absolute Gasteiger partial charge is 0.444 e. The molecule has 0 radical (unpaired) electrons. The number of hydrogen-bond acceptors (Lipinski definition) is 5. The number of hydrogen-bond donors (Lipinski definition) is 2. The molecule has 0 aromatic heterocycles. The predicted octanol–water partition coefficient (Wildman–Crippen LogP) is 1.34. The minimum Gasteiger partial charge on any atom is -0.444 e. The zero-order chi connectivity index (χ0) is 15.9. The first-order chi connectivity index (χ1) is 9.85. The van der Waals surface area contributed by atoms with Crippen LogP contribution in [0.1, 0.15) is 40.0 Å². The number of nitrogens with two attached hydrogens (primary N) is 1. The van der Waals surface area contributed by atoms with Gasteiger partial charge in [-0.3, -0.25) is 4.90 Å². The second kappa shape index (κ2) is 8.56. The van der Waals surface area contributed by atoms with Crippen LogP contribution in [-0.4, -0.2) is 62.0 Å². The molecule has 2 unspecified atom stereocenters. The smallest absolute Gasteiger partial charge is 0.407 e. The standard InChI is InChI=1S/C15H31N3O3/c1-15(2,3)21-14(19)17-8-7-12(10-16)18-9-5-6-13(11-18)20-4/h12-13H,5-11,16H2,1-4H3,(H,17,19). The highest BCUT2D eigenvalue weighted by atomic mass is 16.6. The number of methoxy groups -OCH3 is 1. The maximum absolute atomic E-state index is 11.6. The fourth-order valence-electron chi connectivity index (χ4n) is 2.59. The molecule has 1 heterocycles. The first-order valence-electron chi connectivity index (χ1n) is 7.79. The van der Waals surface area contributed by atoms with Gasteiger partial charge in [-0.1, -0.05) is 0 Å². The number of carbonyl (C=O) groups excluding carboxylic acids is 1. The third-order valence-corrected chi connectivity index (χ3v) is 3.68. The quantitative estimate of drug-likeness (QED) is 0.774. The Bertz CT molecular complexity index is 318. The van der Waals surface area contributed by atoms with E-state index in [0.29, 0.717) is 19.2 Å². The van der Waals surface area contributed by atoms with Gasteiger partial charge in [0.25, 0.3) is 0 Å². The monoisotopic (exact) mass is 301 g/mol. The average molecular weight is 301 g/mol. The van der Waals surface area contributed by atoms with E-state index in [9.17, 15) is 4.79 Å². The number of piperidine rings is 1. The van der Waals surface area contributed by atoms with E-state index in [4.69, 9.17) is 15.2 Å². The van der Waals surface area contributed by atoms with Crippen LogP contribution in [0.3, 0.4) is 0 Å². The van der Waals surface area contributed by atoms with E-state index in [0.717, 1.165) is 32.4 Å². The van der Waals surface area contributed by atoms with Crippen LogP contribution in [0.5, 0.6) is 0 Å². The normalized spacial score (nSPS) is 21.9. The van der Waals surface area contributed by atoms with Crippen LogP contribution >= 0.6 is 0 Å². The summed E-state index contributed by atoms with van der Waals surface area (Å²) in [6.07, 6.45) is 3.00. The van der Waals surface area contributed by atoms with Crippen LogP contribution in [0.15, 0.2) is 0 Å². The lowest BCUT2D eigenvalue weighted by Gasteiger charge is -2.37. The molecule has 1 aliphatic heterocycles. The number of nitrogens with one attached hydrogen (secondary N) is 1. The molecule has 6 nitrogen and oxygen atoms in total. The van der Waals surface area contributed by atoms with Crippen molar-refractivity contribution in [1.29, 1.82) is 0 Å². The molecule has 0 bridgehead atoms. The minimum absolute atomic E-state index is 0.276. The minimum atomic E-state index is -0.462. The molecule has 6 heteroatoms. The summed E-state index contributed by atoms with van der Waals surface area (Å²) in [7, 11) is 1.76. The van der Waals surface area contributed by atoms with Crippen molar-refractivity contribution in [3.05, 3.63) is 0 Å². The van der Waals surface area contributed by atoms with E-state index < -0.39 is 5.60 Å². The lowest BCUT2D eigenvalue weighted by atomic mass is 10.0. The number of likely N-dealkylation sites (tertiary alicyclic amines) is 1. The van der Waals surface area contributed by atoms with Crippen molar-refractivity contribution in [2.45, 2.75) is 57.8 Å². The lowest BCUT2D eigenvalue weighted by molar-refractivity contribution is 0.0141. The second-order valence-electron chi connectivity index (χ2n) is 6.60. The number of alkyl carbamates (subject to hydrolysis) is 1. The van der Waals surface area contributed by atoms with Gasteiger partial charge < -0.3 is 20.5 Å². The molecule has 21 heavy (non-hydrogen) atoms. The van der Waals surface area contributed by atoms with Gasteiger partial charge in [0.05, 0.1) is 6.10 Å². The van der Waals surface area contributed by atoms with Crippen molar-refractivity contribution >= 4 is 6.09 Å². The number of amides is 1. The van der Waals surface area contributed by atoms with Crippen molar-refractivity contribution in [2.75, 3.05) is 33.3 Å². The number of nitrogens with zero attached hydrogens (tertiary/aromatic N) is 1. The van der Waals surface area contributed by atoms with E-state index in [1.54, 1.807) is 7.11 Å². The third kappa shape index (κ3) is 7.11. The van der Waals surface area contributed by atoms with Crippen LogP contribution in [0.4, 0.5) is 4.79 Å². The molecule has 0 saturated carbocycles. The summed E-state index contributed by atoms with van der Waals surface area (Å²) in [4.78, 5) is 14.0. The van der Waals surface area contributed by atoms with Crippen molar-refractivity contribution in [3.63, 3.8) is 0 Å². The van der Waals surface area contributed by atoms with Crippen molar-refractivity contribution in [3.8, 4) is 0 Å². The van der Waals surface area contributed by atoms with Gasteiger partial charge in [0.1, 0.15) is 5.60 Å². The Kier molecular flexibility index (Phi) is 7.42. The molecular weight excluding hydrogens is 270 g/mol. The Morgan fingerprint density at radius 1 is 1.48 bits per heavy atom. The first-order valence-corrected chi connectivity index (χ1v) is 7.79. The Balaban J connectivity index is 2.32. The number of ether oxygens (including phenoxy) is 2. The van der Waals surface area contributed by atoms with Gasteiger partial charge in [-0.2, -0.15) is 0 Å². The highest BCUT2D eigenvalue weighted by Gasteiger charge is 2.25. The topological polar surface area (TPSA) is 76.8 Å². The first kappa shape index (κ1) is 18.2. The fourth-order valence-corrected chi connectivity index (χ4v) is 2.59. The zero-order valence-electron chi connectivity index (χ0n) is 13.9. The molecule has 1 rings (SSSR count). The molecule has 0 aromatic carbocycles. The third-order valence-electron chi connectivity index (χ3n) is 3.68. The second-order valence-corrected chi connectivity index (χ2v) is 6.60. The summed E-state index contributed by atoms with van der Waals surface area (Å²) in [5.41, 5.74) is 5.42. The summed E-state index contributed by atoms with van der Waals surface area (Å²) < 4.78 is 10.7. The summed E-state index contributed by atoms with van der Waals surface area (Å²) in [5, 5.41) is 2.79. The Hall–Kier alpha value is -0.850. The SMILES string of the molecule is COC1CCCN(C(CN)CCNC(=O)OC(C)(C)C)C1. The molecule has 3 N–H and O–H groups in total. The van der Waals surface area contributed by atoms with Crippen LogP contribution in [0.2, 0.25) is 0 Å². The summed E-state index contributed by atoms with van der Waals surface area (Å²) in [5.74, 6) is 0. The van der Waals surface area contributed by atoms with Gasteiger partial charge >= 0.3 is 6.09 Å². The van der Waals surface area contributed by atoms with E-state index >= 15 is 0 Å². The Morgan fingerprint density at radius 3 is 2.76 bits per heavy atom. The molecule has 1 saturated heterocycles. The van der Waals surface area contributed by atoms with Crippen molar-refractivity contribution in [2.24, 2.45) is 5.73 Å². The number of rotatable bonds is 6. The van der Waals surface area contributed by atoms with Gasteiger partial charge in [0.2, 0.25) is 0 Å². The predicted molar refractivity (Wildman–Crippen MR) is 83.3 cm³/mol. The van der Waals surface area contributed by atoms with E-state index in [1.807, 2.05) is 20.8 Å². The molecule has 2 atom stereocenters. The summed E-state index contributed by atoms with van der Waals surface area (Å²) in [6.45, 7) is 8.70. The fraction of sp³-hybridized carbons (Fsp3) is 0.933. The summed E-state index contributed by atoms with van der Waals surface area (Å²) >= 11 is 0. The van der Waals surface area contributed by atoms with Crippen molar-refractivity contribution < 1.29 is 14.3 Å². The van der Waals surface area contributed by atoms with Crippen molar-refractivity contribution in [1.82, 2.24) is 10.2 Å². The van der Waals surface area contributed by atoms with Gasteiger partial charge in [-0.05, 0) is 46.6 Å². The van der Waals surface area contributed by atoms with Crippen LogP contribution < -0.4 is 11.1 Å². The van der Waals surface area contributed by atoms with E-state index in [-0.39, 0.29) is 12.1 Å². The molecule has 1 amide bonds. The van der Waals surface area contributed by atoms with Gasteiger partial charge in [-0.25, -0.2) is 4.79 Å². The van der Waals surface area contributed by atoms with E-state index in [1.165, 1.54) is 0 Å².